The molecule has 2 saturated heterocycles. The van der Waals surface area contributed by atoms with E-state index in [1.165, 1.54) is 22.7 Å². The number of morpholine rings is 2. The third-order valence-electron chi connectivity index (χ3n) is 3.78. The van der Waals surface area contributed by atoms with Crippen molar-refractivity contribution in [1.29, 1.82) is 0 Å². The van der Waals surface area contributed by atoms with Gasteiger partial charge in [-0.3, -0.25) is 4.79 Å². The first-order valence-electron chi connectivity index (χ1n) is 7.68. The van der Waals surface area contributed by atoms with Crippen molar-refractivity contribution in [1.82, 2.24) is 20.4 Å². The minimum atomic E-state index is -0.219. The minimum absolute atomic E-state index is 0.219. The maximum Gasteiger partial charge on any atom is 0.254 e. The van der Waals surface area contributed by atoms with Crippen LogP contribution >= 0.6 is 22.7 Å². The van der Waals surface area contributed by atoms with Gasteiger partial charge < -0.3 is 19.3 Å². The van der Waals surface area contributed by atoms with E-state index in [1.807, 2.05) is 0 Å². The molecule has 2 aliphatic rings. The van der Waals surface area contributed by atoms with E-state index in [2.05, 4.69) is 30.2 Å². The fraction of sp³-hybridized carbons (Fsp3) is 0.615. The van der Waals surface area contributed by atoms with E-state index in [0.717, 1.165) is 36.4 Å². The second kappa shape index (κ2) is 7.05. The molecule has 11 heteroatoms. The molecule has 0 aliphatic carbocycles. The van der Waals surface area contributed by atoms with E-state index in [-0.39, 0.29) is 5.78 Å². The molecule has 0 spiro atoms. The lowest BCUT2D eigenvalue weighted by Gasteiger charge is -2.25. The van der Waals surface area contributed by atoms with Crippen molar-refractivity contribution in [3.8, 4) is 0 Å². The van der Waals surface area contributed by atoms with Crippen molar-refractivity contribution in [3.63, 3.8) is 0 Å². The zero-order chi connectivity index (χ0) is 16.4. The van der Waals surface area contributed by atoms with Crippen LogP contribution in [0.5, 0.6) is 0 Å². The molecule has 2 aliphatic heterocycles. The van der Waals surface area contributed by atoms with Gasteiger partial charge in [0.15, 0.2) is 10.0 Å². The Bertz CT molecular complexity index is 650. The molecule has 2 fully saturated rings. The smallest absolute Gasteiger partial charge is 0.254 e. The van der Waals surface area contributed by atoms with E-state index in [9.17, 15) is 4.79 Å². The highest BCUT2D eigenvalue weighted by Gasteiger charge is 2.24. The summed E-state index contributed by atoms with van der Waals surface area (Å²) in [6.45, 7) is 5.74. The van der Waals surface area contributed by atoms with Gasteiger partial charge in [-0.05, 0) is 0 Å². The van der Waals surface area contributed by atoms with Crippen LogP contribution in [-0.4, -0.2) is 78.8 Å². The Morgan fingerprint density at radius 3 is 1.58 bits per heavy atom. The van der Waals surface area contributed by atoms with Gasteiger partial charge in [0.25, 0.3) is 5.78 Å². The number of carbonyl (C=O) groups is 1. The van der Waals surface area contributed by atoms with Crippen molar-refractivity contribution >= 4 is 38.7 Å². The van der Waals surface area contributed by atoms with Crippen LogP contribution in [0.1, 0.15) is 14.8 Å². The first kappa shape index (κ1) is 15.8. The summed E-state index contributed by atoms with van der Waals surface area (Å²) in [5.74, 6) is -0.219. The maximum absolute atomic E-state index is 12.6. The van der Waals surface area contributed by atoms with Gasteiger partial charge in [0.1, 0.15) is 0 Å². The fourth-order valence-corrected chi connectivity index (χ4v) is 4.21. The SMILES string of the molecule is O=C(c1nnc(N2CCOCC2)s1)c1nnc(N2CCOCC2)s1. The van der Waals surface area contributed by atoms with Crippen LogP contribution in [0.25, 0.3) is 0 Å². The molecule has 2 aromatic rings. The number of aromatic nitrogens is 4. The van der Waals surface area contributed by atoms with E-state index >= 15 is 0 Å². The second-order valence-corrected chi connectivity index (χ2v) is 7.22. The van der Waals surface area contributed by atoms with Crippen molar-refractivity contribution in [2.24, 2.45) is 0 Å². The number of rotatable bonds is 4. The van der Waals surface area contributed by atoms with Gasteiger partial charge in [-0.1, -0.05) is 22.7 Å². The van der Waals surface area contributed by atoms with Crippen molar-refractivity contribution < 1.29 is 14.3 Å². The molecule has 0 radical (unpaired) electrons. The third-order valence-corrected chi connectivity index (χ3v) is 5.75. The average molecular weight is 368 g/mol. The monoisotopic (exact) mass is 368 g/mol. The second-order valence-electron chi connectivity index (χ2n) is 5.31. The van der Waals surface area contributed by atoms with Crippen molar-refractivity contribution in [2.75, 3.05) is 62.4 Å². The molecule has 0 unspecified atom stereocenters. The van der Waals surface area contributed by atoms with Gasteiger partial charge >= 0.3 is 0 Å². The molecule has 9 nitrogen and oxygen atoms in total. The summed E-state index contributed by atoms with van der Waals surface area (Å²) in [7, 11) is 0. The molecule has 0 N–H and O–H groups in total. The molecule has 4 rings (SSSR count). The van der Waals surface area contributed by atoms with Crippen molar-refractivity contribution in [2.45, 2.75) is 0 Å². The van der Waals surface area contributed by atoms with Crippen LogP contribution < -0.4 is 9.80 Å². The summed E-state index contributed by atoms with van der Waals surface area (Å²) >= 11 is 2.58. The molecule has 4 heterocycles. The van der Waals surface area contributed by atoms with Crippen LogP contribution in [0.15, 0.2) is 0 Å². The molecule has 0 aromatic carbocycles. The van der Waals surface area contributed by atoms with E-state index < -0.39 is 0 Å². The van der Waals surface area contributed by atoms with Gasteiger partial charge in [0.2, 0.25) is 10.3 Å². The number of ketones is 1. The quantitative estimate of drug-likeness (QED) is 0.706. The Morgan fingerprint density at radius 1 is 0.750 bits per heavy atom. The van der Waals surface area contributed by atoms with Gasteiger partial charge in [-0.15, -0.1) is 20.4 Å². The third kappa shape index (κ3) is 3.24. The summed E-state index contributed by atoms with van der Waals surface area (Å²) in [5, 5.41) is 18.5. The number of hydrogen-bond acceptors (Lipinski definition) is 11. The molecular formula is C13H16N6O3S2. The summed E-state index contributed by atoms with van der Waals surface area (Å²) in [6.07, 6.45) is 0. The van der Waals surface area contributed by atoms with E-state index in [4.69, 9.17) is 9.47 Å². The zero-order valence-corrected chi connectivity index (χ0v) is 14.5. The predicted octanol–water partition coefficient (Wildman–Crippen LogP) is 0.294. The average Bonchev–Trinajstić information content (AvgIpc) is 3.33. The van der Waals surface area contributed by atoms with Gasteiger partial charge in [-0.25, -0.2) is 0 Å². The molecule has 0 bridgehead atoms. The van der Waals surface area contributed by atoms with Crippen LogP contribution in [-0.2, 0) is 9.47 Å². The lowest BCUT2D eigenvalue weighted by Crippen LogP contribution is -2.36. The van der Waals surface area contributed by atoms with Gasteiger partial charge in [0, 0.05) is 26.2 Å². The van der Waals surface area contributed by atoms with Crippen molar-refractivity contribution in [3.05, 3.63) is 10.0 Å². The van der Waals surface area contributed by atoms with Crippen LogP contribution in [0.3, 0.4) is 0 Å². The van der Waals surface area contributed by atoms with E-state index in [1.54, 1.807) is 0 Å². The highest BCUT2D eigenvalue weighted by molar-refractivity contribution is 7.20. The summed E-state index contributed by atoms with van der Waals surface area (Å²) < 4.78 is 10.6. The summed E-state index contributed by atoms with van der Waals surface area (Å²) in [4.78, 5) is 16.7. The number of hydrogen-bond donors (Lipinski definition) is 0. The van der Waals surface area contributed by atoms with Crippen LogP contribution in [0.4, 0.5) is 10.3 Å². The number of nitrogens with zero attached hydrogens (tertiary/aromatic N) is 6. The Kier molecular flexibility index (Phi) is 4.65. The molecule has 0 saturated carbocycles. The first-order chi connectivity index (χ1) is 11.8. The Morgan fingerprint density at radius 2 is 1.17 bits per heavy atom. The zero-order valence-electron chi connectivity index (χ0n) is 12.9. The maximum atomic E-state index is 12.6. The summed E-state index contributed by atoms with van der Waals surface area (Å²) in [6, 6.07) is 0. The standard InChI is InChI=1S/C13H16N6O3S2/c20-9(10-14-16-12(23-10)18-1-5-21-6-2-18)11-15-17-13(24-11)19-3-7-22-8-4-19/h1-8H2. The lowest BCUT2D eigenvalue weighted by atomic mass is 10.4. The number of anilines is 2. The number of ether oxygens (including phenoxy) is 2. The molecular weight excluding hydrogens is 352 g/mol. The first-order valence-corrected chi connectivity index (χ1v) is 9.31. The molecule has 0 amide bonds. The van der Waals surface area contributed by atoms with Gasteiger partial charge in [-0.2, -0.15) is 0 Å². The Balaban J connectivity index is 1.47. The number of carbonyl (C=O) groups excluding carboxylic acids is 1. The van der Waals surface area contributed by atoms with Gasteiger partial charge in [0.05, 0.1) is 26.4 Å². The summed E-state index contributed by atoms with van der Waals surface area (Å²) in [5.41, 5.74) is 0. The van der Waals surface area contributed by atoms with Crippen LogP contribution in [0.2, 0.25) is 0 Å². The topological polar surface area (TPSA) is 93.6 Å². The highest BCUT2D eigenvalue weighted by atomic mass is 32.1. The van der Waals surface area contributed by atoms with Crippen LogP contribution in [0, 0.1) is 0 Å². The normalized spacial score (nSPS) is 18.8. The molecule has 2 aromatic heterocycles. The lowest BCUT2D eigenvalue weighted by molar-refractivity contribution is 0.103. The van der Waals surface area contributed by atoms with E-state index in [0.29, 0.717) is 36.4 Å². The largest absolute Gasteiger partial charge is 0.378 e. The highest BCUT2D eigenvalue weighted by Crippen LogP contribution is 2.26. The molecule has 24 heavy (non-hydrogen) atoms. The predicted molar refractivity (Wildman–Crippen MR) is 89.3 cm³/mol. The Labute approximate surface area is 146 Å². The fourth-order valence-electron chi connectivity index (χ4n) is 2.47. The molecule has 0 atom stereocenters. The Hall–Kier alpha value is -1.69. The molecule has 128 valence electrons. The minimum Gasteiger partial charge on any atom is -0.378 e.